The molecule has 0 aliphatic carbocycles. The van der Waals surface area contributed by atoms with E-state index in [1.165, 1.54) is 28.6 Å². The van der Waals surface area contributed by atoms with E-state index in [1.54, 1.807) is 0 Å². The molecule has 1 saturated heterocycles. The molecular weight excluding hydrogens is 480 g/mol. The highest BCUT2D eigenvalue weighted by atomic mass is 35.5. The standard InChI is InChI=1S/C23H25ClN4O5S/c1-2-32-19-9-5-16(6-10-19)22-26-21(33-27-22)14-25-23(29)17-4-3-13-28(15-17)34(30,31)20-11-7-18(24)8-12-20/h5-12,17H,2-4,13-15H2,1H3,(H,25,29). The Morgan fingerprint density at radius 1 is 1.21 bits per heavy atom. The summed E-state index contributed by atoms with van der Waals surface area (Å²) in [6, 6.07) is 13.3. The van der Waals surface area contributed by atoms with Crippen LogP contribution in [0.3, 0.4) is 0 Å². The van der Waals surface area contributed by atoms with Gasteiger partial charge in [-0.1, -0.05) is 16.8 Å². The molecule has 1 fully saturated rings. The topological polar surface area (TPSA) is 115 Å². The first-order valence-corrected chi connectivity index (χ1v) is 12.8. The number of hydrogen-bond donors (Lipinski definition) is 1. The first kappa shape index (κ1) is 24.2. The molecule has 1 amide bonds. The highest BCUT2D eigenvalue weighted by molar-refractivity contribution is 7.89. The predicted molar refractivity (Wildman–Crippen MR) is 126 cm³/mol. The van der Waals surface area contributed by atoms with Crippen LogP contribution in [-0.2, 0) is 21.4 Å². The molecule has 0 spiro atoms. The van der Waals surface area contributed by atoms with E-state index < -0.39 is 15.9 Å². The Kier molecular flexibility index (Phi) is 7.50. The number of halogens is 1. The fraction of sp³-hybridized carbons (Fsp3) is 0.348. The summed E-state index contributed by atoms with van der Waals surface area (Å²) < 4.78 is 37.9. The Morgan fingerprint density at radius 2 is 1.94 bits per heavy atom. The van der Waals surface area contributed by atoms with Crippen molar-refractivity contribution in [3.8, 4) is 17.1 Å². The number of piperidine rings is 1. The number of sulfonamides is 1. The van der Waals surface area contributed by atoms with Gasteiger partial charge < -0.3 is 14.6 Å². The van der Waals surface area contributed by atoms with Crippen molar-refractivity contribution >= 4 is 27.5 Å². The number of ether oxygens (including phenoxy) is 1. The van der Waals surface area contributed by atoms with Gasteiger partial charge in [0.25, 0.3) is 0 Å². The molecule has 34 heavy (non-hydrogen) atoms. The zero-order valence-electron chi connectivity index (χ0n) is 18.6. The normalized spacial score (nSPS) is 16.8. The fourth-order valence-electron chi connectivity index (χ4n) is 3.75. The molecule has 1 atom stereocenters. The Hall–Kier alpha value is -2.95. The van der Waals surface area contributed by atoms with Gasteiger partial charge in [0.05, 0.1) is 24.0 Å². The third-order valence-corrected chi connectivity index (χ3v) is 7.64. The summed E-state index contributed by atoms with van der Waals surface area (Å²) in [4.78, 5) is 17.2. The van der Waals surface area contributed by atoms with E-state index in [0.717, 1.165) is 11.3 Å². The molecule has 0 bridgehead atoms. The average Bonchev–Trinajstić information content (AvgIpc) is 3.33. The molecule has 2 aromatic carbocycles. The van der Waals surface area contributed by atoms with Crippen molar-refractivity contribution in [1.29, 1.82) is 0 Å². The summed E-state index contributed by atoms with van der Waals surface area (Å²) in [6.07, 6.45) is 1.19. The van der Waals surface area contributed by atoms with Crippen molar-refractivity contribution in [2.24, 2.45) is 5.92 Å². The molecule has 4 rings (SSSR count). The van der Waals surface area contributed by atoms with Gasteiger partial charge in [0.2, 0.25) is 27.6 Å². The van der Waals surface area contributed by atoms with Gasteiger partial charge in [-0.3, -0.25) is 4.79 Å². The second kappa shape index (κ2) is 10.5. The Bertz CT molecular complexity index is 1230. The lowest BCUT2D eigenvalue weighted by Crippen LogP contribution is -2.45. The van der Waals surface area contributed by atoms with Crippen LogP contribution in [0.1, 0.15) is 25.7 Å². The molecule has 1 aliphatic heterocycles. The van der Waals surface area contributed by atoms with Gasteiger partial charge in [0, 0.05) is 23.7 Å². The first-order chi connectivity index (χ1) is 16.4. The number of carbonyl (C=O) groups is 1. The summed E-state index contributed by atoms with van der Waals surface area (Å²) in [6.45, 7) is 3.03. The van der Waals surface area contributed by atoms with Crippen LogP contribution in [0, 0.1) is 5.92 Å². The summed E-state index contributed by atoms with van der Waals surface area (Å²) >= 11 is 5.87. The molecular formula is C23H25ClN4O5S. The van der Waals surface area contributed by atoms with Crippen molar-refractivity contribution in [1.82, 2.24) is 19.8 Å². The minimum Gasteiger partial charge on any atom is -0.494 e. The van der Waals surface area contributed by atoms with Crippen molar-refractivity contribution in [2.45, 2.75) is 31.2 Å². The van der Waals surface area contributed by atoms with E-state index in [-0.39, 0.29) is 29.8 Å². The van der Waals surface area contributed by atoms with E-state index in [0.29, 0.717) is 36.8 Å². The number of carbonyl (C=O) groups excluding carboxylic acids is 1. The van der Waals surface area contributed by atoms with Crippen molar-refractivity contribution < 1.29 is 22.5 Å². The minimum atomic E-state index is -3.70. The molecule has 0 radical (unpaired) electrons. The third-order valence-electron chi connectivity index (χ3n) is 5.51. The number of nitrogens with one attached hydrogen (secondary N) is 1. The average molecular weight is 505 g/mol. The Morgan fingerprint density at radius 3 is 2.65 bits per heavy atom. The van der Waals surface area contributed by atoms with Crippen LogP contribution in [0.25, 0.3) is 11.4 Å². The zero-order chi connectivity index (χ0) is 24.1. The lowest BCUT2D eigenvalue weighted by Gasteiger charge is -2.31. The van der Waals surface area contributed by atoms with Gasteiger partial charge in [-0.25, -0.2) is 8.42 Å². The quantitative estimate of drug-likeness (QED) is 0.499. The van der Waals surface area contributed by atoms with E-state index >= 15 is 0 Å². The molecule has 1 aromatic heterocycles. The van der Waals surface area contributed by atoms with E-state index in [2.05, 4.69) is 15.5 Å². The molecule has 180 valence electrons. The molecule has 1 unspecified atom stereocenters. The number of amides is 1. The van der Waals surface area contributed by atoms with Gasteiger partial charge >= 0.3 is 0 Å². The number of nitrogens with zero attached hydrogens (tertiary/aromatic N) is 3. The highest BCUT2D eigenvalue weighted by Gasteiger charge is 2.33. The smallest absolute Gasteiger partial charge is 0.246 e. The first-order valence-electron chi connectivity index (χ1n) is 11.0. The van der Waals surface area contributed by atoms with Crippen LogP contribution >= 0.6 is 11.6 Å². The van der Waals surface area contributed by atoms with Gasteiger partial charge in [0.15, 0.2) is 0 Å². The number of aromatic nitrogens is 2. The molecule has 0 saturated carbocycles. The minimum absolute atomic E-state index is 0.0588. The van der Waals surface area contributed by atoms with E-state index in [1.807, 2.05) is 31.2 Å². The Labute approximate surface area is 203 Å². The highest BCUT2D eigenvalue weighted by Crippen LogP contribution is 2.25. The van der Waals surface area contributed by atoms with Crippen LogP contribution in [0.2, 0.25) is 5.02 Å². The predicted octanol–water partition coefficient (Wildman–Crippen LogP) is 3.51. The fourth-order valence-corrected chi connectivity index (χ4v) is 5.40. The third kappa shape index (κ3) is 5.57. The maximum absolute atomic E-state index is 13.0. The molecule has 2 heterocycles. The summed E-state index contributed by atoms with van der Waals surface area (Å²) in [5.74, 6) is 0.701. The van der Waals surface area contributed by atoms with Gasteiger partial charge in [-0.05, 0) is 68.3 Å². The monoisotopic (exact) mass is 504 g/mol. The second-order valence-electron chi connectivity index (χ2n) is 7.84. The van der Waals surface area contributed by atoms with Gasteiger partial charge in [0.1, 0.15) is 5.75 Å². The molecule has 9 nitrogen and oxygen atoms in total. The van der Waals surface area contributed by atoms with Gasteiger partial charge in [-0.15, -0.1) is 0 Å². The number of benzene rings is 2. The molecule has 1 aliphatic rings. The number of rotatable bonds is 8. The van der Waals surface area contributed by atoms with Crippen molar-refractivity contribution in [3.05, 3.63) is 59.4 Å². The second-order valence-corrected chi connectivity index (χ2v) is 10.2. The zero-order valence-corrected chi connectivity index (χ0v) is 20.2. The maximum atomic E-state index is 13.0. The van der Waals surface area contributed by atoms with Gasteiger partial charge in [-0.2, -0.15) is 9.29 Å². The van der Waals surface area contributed by atoms with Crippen LogP contribution in [-0.4, -0.2) is 48.5 Å². The van der Waals surface area contributed by atoms with E-state index in [4.69, 9.17) is 20.9 Å². The maximum Gasteiger partial charge on any atom is 0.246 e. The lowest BCUT2D eigenvalue weighted by atomic mass is 9.99. The van der Waals surface area contributed by atoms with Crippen LogP contribution in [0.5, 0.6) is 5.75 Å². The molecule has 1 N–H and O–H groups in total. The summed E-state index contributed by atoms with van der Waals surface area (Å²) in [5.41, 5.74) is 0.764. The molecule has 11 heteroatoms. The molecule has 3 aromatic rings. The van der Waals surface area contributed by atoms with Crippen LogP contribution in [0.4, 0.5) is 0 Å². The largest absolute Gasteiger partial charge is 0.494 e. The summed E-state index contributed by atoms with van der Waals surface area (Å²) in [5, 5.41) is 7.21. The van der Waals surface area contributed by atoms with Crippen molar-refractivity contribution in [2.75, 3.05) is 19.7 Å². The Balaban J connectivity index is 1.34. The number of hydrogen-bond acceptors (Lipinski definition) is 7. The lowest BCUT2D eigenvalue weighted by molar-refractivity contribution is -0.126. The van der Waals surface area contributed by atoms with Crippen LogP contribution in [0.15, 0.2) is 57.9 Å². The van der Waals surface area contributed by atoms with Crippen molar-refractivity contribution in [3.63, 3.8) is 0 Å². The van der Waals surface area contributed by atoms with Crippen LogP contribution < -0.4 is 10.1 Å². The SMILES string of the molecule is CCOc1ccc(-c2noc(CNC(=O)C3CCCN(S(=O)(=O)c4ccc(Cl)cc4)C3)n2)cc1. The summed E-state index contributed by atoms with van der Waals surface area (Å²) in [7, 11) is -3.70. The van der Waals surface area contributed by atoms with E-state index in [9.17, 15) is 13.2 Å².